The molecule has 0 nitrogen and oxygen atoms in total. The van der Waals surface area contributed by atoms with Gasteiger partial charge in [-0.2, -0.15) is 0 Å². The van der Waals surface area contributed by atoms with Gasteiger partial charge in [-0.25, -0.2) is 0 Å². The minimum Gasteiger partial charge on any atom is -0.366 e. The van der Waals surface area contributed by atoms with E-state index < -0.39 is 15.8 Å². The summed E-state index contributed by atoms with van der Waals surface area (Å²) in [6, 6.07) is 90.5. The minimum atomic E-state index is -0.847. The van der Waals surface area contributed by atoms with Crippen molar-refractivity contribution in [1.82, 2.24) is 0 Å². The van der Waals surface area contributed by atoms with Crippen LogP contribution < -0.4 is 21.2 Å². The average Bonchev–Trinajstić information content (AvgIpc) is 3.41. The van der Waals surface area contributed by atoms with E-state index in [4.69, 9.17) is 12.8 Å². The standard InChI is InChI=1S/C25H22P2.2C20H11.2Au/c1-5-13-22(14-6-1)26(23-15-7-2-8-16-23)21-27(24-17-9-3-10-18-24)25-19-11-4-12-20-25;2*1-2-14-13-20-17-9-4-3-7-15(17)11-12-19(20)18-10-6-5-8-16(14)18;;/h1-20H,21H2;2*3-13H;;/q;2*-1;2*+1/p+2. The Hall–Kier alpha value is -6.34. The number of hydrogen-bond acceptors (Lipinski definition) is 0. The molecular formula is C65H46Au2P2+2. The maximum atomic E-state index is 7.56. The fourth-order valence-corrected chi connectivity index (χ4v) is 17.1. The fourth-order valence-electron chi connectivity index (χ4n) is 9.40. The van der Waals surface area contributed by atoms with Crippen LogP contribution in [0.25, 0.3) is 64.6 Å². The summed E-state index contributed by atoms with van der Waals surface area (Å²) in [4.78, 5) is 0. The molecule has 0 saturated heterocycles. The molecule has 12 aromatic rings. The monoisotopic (exact) mass is 1280 g/mol. The first-order chi connectivity index (χ1) is 33.2. The van der Waals surface area contributed by atoms with Gasteiger partial charge in [-0.05, 0) is 102 Å². The number of hydrogen-bond donors (Lipinski definition) is 0. The maximum absolute atomic E-state index is 7.56. The maximum Gasteiger partial charge on any atom is 1.00 e. The molecule has 12 rings (SSSR count). The Labute approximate surface area is 439 Å². The summed E-state index contributed by atoms with van der Waals surface area (Å²) in [5, 5.41) is 20.3. The first kappa shape index (κ1) is 49.1. The van der Waals surface area contributed by atoms with E-state index in [2.05, 4.69) is 242 Å². The zero-order chi connectivity index (χ0) is 45.4. The van der Waals surface area contributed by atoms with Crippen molar-refractivity contribution >= 4 is 102 Å². The Morgan fingerprint density at radius 2 is 0.522 bits per heavy atom. The predicted molar refractivity (Wildman–Crippen MR) is 296 cm³/mol. The van der Waals surface area contributed by atoms with Crippen LogP contribution in [-0.2, 0) is 44.8 Å². The molecular weight excluding hydrogens is 1240 g/mol. The molecule has 12 aromatic carbocycles. The van der Waals surface area contributed by atoms with Crippen LogP contribution in [-0.4, -0.2) is 5.90 Å². The molecule has 0 bridgehead atoms. The van der Waals surface area contributed by atoms with Crippen molar-refractivity contribution in [2.24, 2.45) is 0 Å². The van der Waals surface area contributed by atoms with E-state index in [1.807, 2.05) is 24.3 Å². The van der Waals surface area contributed by atoms with Crippen LogP contribution in [0.3, 0.4) is 0 Å². The van der Waals surface area contributed by atoms with Crippen LogP contribution in [0.4, 0.5) is 0 Å². The van der Waals surface area contributed by atoms with Gasteiger partial charge in [0.05, 0.1) is 0 Å². The molecule has 4 heteroatoms. The van der Waals surface area contributed by atoms with Gasteiger partial charge in [0, 0.05) is 0 Å². The third-order valence-corrected chi connectivity index (χ3v) is 19.6. The second-order valence-corrected chi connectivity index (χ2v) is 22.2. The van der Waals surface area contributed by atoms with E-state index in [1.165, 1.54) is 81.0 Å². The van der Waals surface area contributed by atoms with Crippen LogP contribution in [0, 0.1) is 24.7 Å². The largest absolute Gasteiger partial charge is 1.00 e. The van der Waals surface area contributed by atoms with Crippen molar-refractivity contribution in [1.29, 1.82) is 0 Å². The van der Waals surface area contributed by atoms with E-state index in [1.54, 1.807) is 0 Å². The van der Waals surface area contributed by atoms with E-state index >= 15 is 0 Å². The molecule has 0 aliphatic heterocycles. The van der Waals surface area contributed by atoms with Crippen LogP contribution >= 0.6 is 15.8 Å². The Morgan fingerprint density at radius 1 is 0.261 bits per heavy atom. The summed E-state index contributed by atoms with van der Waals surface area (Å²) in [5.74, 6) is 6.40. The van der Waals surface area contributed by atoms with Crippen molar-refractivity contribution in [3.63, 3.8) is 0 Å². The molecule has 0 N–H and O–H groups in total. The zero-order valence-electron chi connectivity index (χ0n) is 37.6. The molecule has 0 aromatic heterocycles. The van der Waals surface area contributed by atoms with Gasteiger partial charge in [-0.3, -0.25) is 11.8 Å². The summed E-state index contributed by atoms with van der Waals surface area (Å²) in [6.07, 6.45) is 15.1. The molecule has 0 saturated carbocycles. The fraction of sp³-hybridized carbons (Fsp3) is 0.0154. The van der Waals surface area contributed by atoms with Gasteiger partial charge in [0.1, 0.15) is 37.1 Å². The van der Waals surface area contributed by atoms with Crippen molar-refractivity contribution in [2.75, 3.05) is 5.90 Å². The molecule has 69 heavy (non-hydrogen) atoms. The minimum absolute atomic E-state index is 0. The van der Waals surface area contributed by atoms with Crippen molar-refractivity contribution in [3.8, 4) is 11.8 Å². The third kappa shape index (κ3) is 10.6. The summed E-state index contributed by atoms with van der Waals surface area (Å²) >= 11 is 0. The molecule has 0 aliphatic rings. The predicted octanol–water partition coefficient (Wildman–Crippen LogP) is 14.8. The van der Waals surface area contributed by atoms with E-state index in [-0.39, 0.29) is 44.8 Å². The number of rotatable bonds is 6. The Kier molecular flexibility index (Phi) is 16.6. The van der Waals surface area contributed by atoms with Gasteiger partial charge >= 0.3 is 44.8 Å². The summed E-state index contributed by atoms with van der Waals surface area (Å²) in [7, 11) is -1.69. The summed E-state index contributed by atoms with van der Waals surface area (Å²) in [5.41, 5.74) is 1.70. The average molecular weight is 1280 g/mol. The van der Waals surface area contributed by atoms with Gasteiger partial charge in [-0.15, -0.1) is 23.3 Å². The second-order valence-electron chi connectivity index (χ2n) is 16.6. The smallest absolute Gasteiger partial charge is 0.366 e. The molecule has 0 atom stereocenters. The third-order valence-electron chi connectivity index (χ3n) is 12.6. The Balaban J connectivity index is 0.000000140. The quantitative estimate of drug-likeness (QED) is 0.0512. The van der Waals surface area contributed by atoms with Crippen LogP contribution in [0.2, 0.25) is 0 Å². The van der Waals surface area contributed by atoms with E-state index in [0.717, 1.165) is 21.9 Å². The molecule has 0 aliphatic carbocycles. The van der Waals surface area contributed by atoms with Crippen molar-refractivity contribution < 1.29 is 44.8 Å². The number of benzene rings is 12. The Bertz CT molecular complexity index is 3420. The Morgan fingerprint density at radius 3 is 0.841 bits per heavy atom. The second kappa shape index (κ2) is 23.3. The van der Waals surface area contributed by atoms with Crippen molar-refractivity contribution in [2.45, 2.75) is 0 Å². The first-order valence-corrected chi connectivity index (χ1v) is 26.0. The summed E-state index contributed by atoms with van der Waals surface area (Å²) < 4.78 is 0. The van der Waals surface area contributed by atoms with Crippen molar-refractivity contribution in [3.05, 3.63) is 279 Å². The van der Waals surface area contributed by atoms with E-state index in [9.17, 15) is 0 Å². The SMILES string of the molecule is [Au+].[Au+].[C-]#Cc1cc2c3ccccc3ccc2c2ccccc12.[C-]#Cc1cc2c3ccccc3ccc2c2ccccc12.c1ccc([PH+](C[PH+](c2ccccc2)c2ccccc2)c2ccccc2)cc1. The first-order valence-electron chi connectivity index (χ1n) is 22.6. The van der Waals surface area contributed by atoms with Gasteiger partial charge in [0.2, 0.25) is 0 Å². The normalized spacial score (nSPS) is 10.7. The molecule has 0 spiro atoms. The molecule has 0 radical (unpaired) electrons. The van der Waals surface area contributed by atoms with Crippen LogP contribution in [0.1, 0.15) is 11.1 Å². The van der Waals surface area contributed by atoms with Gasteiger partial charge in [-0.1, -0.05) is 205 Å². The summed E-state index contributed by atoms with van der Waals surface area (Å²) in [6.45, 7) is 0. The molecule has 0 amide bonds. The van der Waals surface area contributed by atoms with Gasteiger partial charge in [0.25, 0.3) is 0 Å². The number of fused-ring (bicyclic) bond motifs is 10. The molecule has 0 fully saturated rings. The molecule has 0 heterocycles. The van der Waals surface area contributed by atoms with Crippen LogP contribution in [0.5, 0.6) is 0 Å². The van der Waals surface area contributed by atoms with E-state index in [0.29, 0.717) is 0 Å². The molecule has 336 valence electrons. The van der Waals surface area contributed by atoms with Gasteiger partial charge < -0.3 is 12.8 Å². The van der Waals surface area contributed by atoms with Gasteiger partial charge in [0.15, 0.2) is 5.90 Å². The molecule has 0 unspecified atom stereocenters. The van der Waals surface area contributed by atoms with Crippen LogP contribution in [0.15, 0.2) is 255 Å². The topological polar surface area (TPSA) is 0 Å². The zero-order valence-corrected chi connectivity index (χ0v) is 43.9.